The van der Waals surface area contributed by atoms with Gasteiger partial charge >= 0.3 is 0 Å². The molecule has 1 aliphatic heterocycles. The fraction of sp³-hybridized carbons (Fsp3) is 0.381. The molecule has 25 heavy (non-hydrogen) atoms. The van der Waals surface area contributed by atoms with E-state index in [1.807, 2.05) is 6.07 Å². The van der Waals surface area contributed by atoms with Gasteiger partial charge in [0.15, 0.2) is 0 Å². The Bertz CT molecular complexity index is 694. The van der Waals surface area contributed by atoms with E-state index in [4.69, 9.17) is 4.74 Å². The molecule has 2 aromatic rings. The number of ether oxygens (including phenoxy) is 1. The standard InChI is InChI=1S/C21H26N2O2/c1-25-14-13-23-20(24)21(11-12-22-16-21)15-18-9-5-6-10-19(18)17-7-3-2-4-8-17/h2-10,22H,11-16H2,1H3,(H,23,24). The number of rotatable bonds is 7. The molecule has 0 spiro atoms. The van der Waals surface area contributed by atoms with Crippen molar-refractivity contribution in [3.63, 3.8) is 0 Å². The molecule has 3 rings (SSSR count). The largest absolute Gasteiger partial charge is 0.383 e. The first kappa shape index (κ1) is 17.6. The molecule has 1 saturated heterocycles. The number of carbonyl (C=O) groups excluding carboxylic acids is 1. The van der Waals surface area contributed by atoms with Gasteiger partial charge in [0.1, 0.15) is 0 Å². The van der Waals surface area contributed by atoms with Crippen molar-refractivity contribution >= 4 is 5.91 Å². The summed E-state index contributed by atoms with van der Waals surface area (Å²) in [5.74, 6) is 0.123. The van der Waals surface area contributed by atoms with E-state index >= 15 is 0 Å². The number of nitrogens with one attached hydrogen (secondary N) is 2. The van der Waals surface area contributed by atoms with Gasteiger partial charge in [-0.05, 0) is 36.1 Å². The molecule has 132 valence electrons. The van der Waals surface area contributed by atoms with Gasteiger partial charge in [0.25, 0.3) is 0 Å². The fourth-order valence-corrected chi connectivity index (χ4v) is 3.56. The average molecular weight is 338 g/mol. The zero-order valence-electron chi connectivity index (χ0n) is 14.8. The topological polar surface area (TPSA) is 50.4 Å². The molecule has 1 fully saturated rings. The van der Waals surface area contributed by atoms with Gasteiger partial charge in [-0.2, -0.15) is 0 Å². The molecule has 4 heteroatoms. The third-order valence-corrected chi connectivity index (χ3v) is 4.95. The van der Waals surface area contributed by atoms with Gasteiger partial charge in [-0.3, -0.25) is 4.79 Å². The molecule has 1 unspecified atom stereocenters. The summed E-state index contributed by atoms with van der Waals surface area (Å²) >= 11 is 0. The molecule has 2 aromatic carbocycles. The van der Waals surface area contributed by atoms with Crippen molar-refractivity contribution in [3.8, 4) is 11.1 Å². The minimum absolute atomic E-state index is 0.123. The van der Waals surface area contributed by atoms with Crippen LogP contribution < -0.4 is 10.6 Å². The van der Waals surface area contributed by atoms with Crippen molar-refractivity contribution in [2.45, 2.75) is 12.8 Å². The van der Waals surface area contributed by atoms with Crippen molar-refractivity contribution < 1.29 is 9.53 Å². The van der Waals surface area contributed by atoms with Crippen LogP contribution in [0, 0.1) is 5.41 Å². The second-order valence-corrected chi connectivity index (χ2v) is 6.66. The van der Waals surface area contributed by atoms with E-state index in [0.29, 0.717) is 13.2 Å². The summed E-state index contributed by atoms with van der Waals surface area (Å²) < 4.78 is 5.05. The number of benzene rings is 2. The number of amides is 1. The lowest BCUT2D eigenvalue weighted by atomic mass is 9.78. The van der Waals surface area contributed by atoms with Crippen molar-refractivity contribution in [2.75, 3.05) is 33.4 Å². The van der Waals surface area contributed by atoms with Gasteiger partial charge in [0.2, 0.25) is 5.91 Å². The number of hydrogen-bond donors (Lipinski definition) is 2. The summed E-state index contributed by atoms with van der Waals surface area (Å²) in [5.41, 5.74) is 3.23. The predicted molar refractivity (Wildman–Crippen MR) is 100 cm³/mol. The SMILES string of the molecule is COCCNC(=O)C1(Cc2ccccc2-c2ccccc2)CCNC1. The van der Waals surface area contributed by atoms with Crippen LogP contribution >= 0.6 is 0 Å². The Hall–Kier alpha value is -2.17. The van der Waals surface area contributed by atoms with Crippen LogP contribution in [0.2, 0.25) is 0 Å². The summed E-state index contributed by atoms with van der Waals surface area (Å²) in [6, 6.07) is 18.8. The van der Waals surface area contributed by atoms with Crippen LogP contribution in [0.1, 0.15) is 12.0 Å². The second kappa shape index (κ2) is 8.28. The van der Waals surface area contributed by atoms with Crippen molar-refractivity contribution in [2.24, 2.45) is 5.41 Å². The van der Waals surface area contributed by atoms with E-state index in [0.717, 1.165) is 25.9 Å². The quantitative estimate of drug-likeness (QED) is 0.763. The monoisotopic (exact) mass is 338 g/mol. The van der Waals surface area contributed by atoms with E-state index in [2.05, 4.69) is 59.2 Å². The first-order chi connectivity index (χ1) is 12.2. The van der Waals surface area contributed by atoms with Gasteiger partial charge in [-0.1, -0.05) is 54.6 Å². The zero-order chi connectivity index (χ0) is 17.5. The molecule has 0 saturated carbocycles. The summed E-state index contributed by atoms with van der Waals surface area (Å²) in [6.07, 6.45) is 1.60. The Morgan fingerprint density at radius 2 is 1.92 bits per heavy atom. The highest BCUT2D eigenvalue weighted by Gasteiger charge is 2.41. The highest BCUT2D eigenvalue weighted by atomic mass is 16.5. The normalized spacial score (nSPS) is 19.7. The molecule has 1 heterocycles. The Labute approximate surface area is 149 Å². The number of hydrogen-bond acceptors (Lipinski definition) is 3. The minimum Gasteiger partial charge on any atom is -0.383 e. The molecule has 1 aliphatic rings. The lowest BCUT2D eigenvalue weighted by Crippen LogP contribution is -2.45. The third-order valence-electron chi connectivity index (χ3n) is 4.95. The maximum Gasteiger partial charge on any atom is 0.227 e. The maximum atomic E-state index is 12.9. The summed E-state index contributed by atoms with van der Waals surface area (Å²) in [7, 11) is 1.65. The lowest BCUT2D eigenvalue weighted by molar-refractivity contribution is -0.130. The average Bonchev–Trinajstić information content (AvgIpc) is 3.13. The Kier molecular flexibility index (Phi) is 5.84. The van der Waals surface area contributed by atoms with Gasteiger partial charge in [-0.15, -0.1) is 0 Å². The van der Waals surface area contributed by atoms with Gasteiger partial charge in [0.05, 0.1) is 12.0 Å². The van der Waals surface area contributed by atoms with Crippen molar-refractivity contribution in [1.29, 1.82) is 0 Å². The maximum absolute atomic E-state index is 12.9. The van der Waals surface area contributed by atoms with Crippen LogP contribution in [0.3, 0.4) is 0 Å². The summed E-state index contributed by atoms with van der Waals surface area (Å²) in [5, 5.41) is 6.41. The molecule has 0 bridgehead atoms. The molecule has 4 nitrogen and oxygen atoms in total. The van der Waals surface area contributed by atoms with Crippen LogP contribution in [-0.2, 0) is 16.0 Å². The first-order valence-corrected chi connectivity index (χ1v) is 8.86. The van der Waals surface area contributed by atoms with E-state index in [9.17, 15) is 4.79 Å². The minimum atomic E-state index is -0.390. The van der Waals surface area contributed by atoms with E-state index in [1.165, 1.54) is 16.7 Å². The molecule has 0 aromatic heterocycles. The molecule has 0 aliphatic carbocycles. The Balaban J connectivity index is 1.85. The summed E-state index contributed by atoms with van der Waals surface area (Å²) in [4.78, 5) is 12.9. The van der Waals surface area contributed by atoms with Crippen LogP contribution in [0.15, 0.2) is 54.6 Å². The van der Waals surface area contributed by atoms with E-state index in [1.54, 1.807) is 7.11 Å². The second-order valence-electron chi connectivity index (χ2n) is 6.66. The van der Waals surface area contributed by atoms with Gasteiger partial charge < -0.3 is 15.4 Å². The molecular formula is C21H26N2O2. The smallest absolute Gasteiger partial charge is 0.227 e. The van der Waals surface area contributed by atoms with E-state index in [-0.39, 0.29) is 5.91 Å². The zero-order valence-corrected chi connectivity index (χ0v) is 14.8. The van der Waals surface area contributed by atoms with Crippen molar-refractivity contribution in [1.82, 2.24) is 10.6 Å². The highest BCUT2D eigenvalue weighted by Crippen LogP contribution is 2.34. The molecular weight excluding hydrogens is 312 g/mol. The van der Waals surface area contributed by atoms with Crippen LogP contribution in [0.4, 0.5) is 0 Å². The highest BCUT2D eigenvalue weighted by molar-refractivity contribution is 5.84. The Morgan fingerprint density at radius 1 is 1.16 bits per heavy atom. The van der Waals surface area contributed by atoms with Crippen LogP contribution in [0.25, 0.3) is 11.1 Å². The molecule has 1 amide bonds. The summed E-state index contributed by atoms with van der Waals surface area (Å²) in [6.45, 7) is 2.69. The first-order valence-electron chi connectivity index (χ1n) is 8.86. The predicted octanol–water partition coefficient (Wildman–Crippen LogP) is 2.64. The third kappa shape index (κ3) is 4.09. The fourth-order valence-electron chi connectivity index (χ4n) is 3.56. The molecule has 1 atom stereocenters. The van der Waals surface area contributed by atoms with Crippen LogP contribution in [0.5, 0.6) is 0 Å². The van der Waals surface area contributed by atoms with Crippen LogP contribution in [-0.4, -0.2) is 39.3 Å². The van der Waals surface area contributed by atoms with Crippen molar-refractivity contribution in [3.05, 3.63) is 60.2 Å². The molecule has 0 radical (unpaired) electrons. The van der Waals surface area contributed by atoms with Gasteiger partial charge in [-0.25, -0.2) is 0 Å². The lowest BCUT2D eigenvalue weighted by Gasteiger charge is -2.28. The van der Waals surface area contributed by atoms with Gasteiger partial charge in [0, 0.05) is 20.2 Å². The van der Waals surface area contributed by atoms with E-state index < -0.39 is 5.41 Å². The molecule has 2 N–H and O–H groups in total. The number of methoxy groups -OCH3 is 1. The number of carbonyl (C=O) groups is 1. The Morgan fingerprint density at radius 3 is 2.64 bits per heavy atom.